The van der Waals surface area contributed by atoms with E-state index in [1.165, 1.54) is 4.90 Å². The van der Waals surface area contributed by atoms with Crippen LogP contribution in [0.3, 0.4) is 0 Å². The van der Waals surface area contributed by atoms with Crippen molar-refractivity contribution in [1.82, 2.24) is 19.8 Å². The topological polar surface area (TPSA) is 115 Å². The van der Waals surface area contributed by atoms with Gasteiger partial charge < -0.3 is 30.1 Å². The number of benzene rings is 2. The molecule has 224 valence electrons. The molecule has 2 saturated heterocycles. The van der Waals surface area contributed by atoms with Gasteiger partial charge in [-0.15, -0.1) is 0 Å². The number of nitrogens with two attached hydrogens (primary N) is 1. The Morgan fingerprint density at radius 3 is 2.70 bits per heavy atom. The number of ether oxygens (including phenoxy) is 1. The summed E-state index contributed by atoms with van der Waals surface area (Å²) in [5.74, 6) is -1.03. The molecular formula is C32H37FN8O2. The van der Waals surface area contributed by atoms with Gasteiger partial charge in [0.2, 0.25) is 0 Å². The molecule has 6 rings (SSSR count). The van der Waals surface area contributed by atoms with Crippen LogP contribution in [0.15, 0.2) is 48.8 Å². The fourth-order valence-electron chi connectivity index (χ4n) is 6.65. The highest BCUT2D eigenvalue weighted by Gasteiger charge is 2.35. The number of likely N-dealkylation sites (N-methyl/N-ethyl adjacent to an activating group) is 1. The van der Waals surface area contributed by atoms with Gasteiger partial charge in [0.25, 0.3) is 5.91 Å². The van der Waals surface area contributed by atoms with Gasteiger partial charge in [-0.25, -0.2) is 4.39 Å². The number of fused-ring (bicyclic) bond motifs is 2. The first-order valence-corrected chi connectivity index (χ1v) is 14.9. The number of amides is 1. The number of hydrogen-bond acceptors (Lipinski definition) is 9. The average Bonchev–Trinajstić information content (AvgIpc) is 3.43. The number of nitrogens with zero attached hydrogens (tertiary/aromatic N) is 7. The lowest BCUT2D eigenvalue weighted by molar-refractivity contribution is -0.131. The number of carbonyl (C=O) groups is 1. The van der Waals surface area contributed by atoms with Crippen molar-refractivity contribution in [2.45, 2.75) is 44.3 Å². The Hall–Kier alpha value is -4.43. The average molecular weight is 585 g/mol. The van der Waals surface area contributed by atoms with Gasteiger partial charge >= 0.3 is 6.01 Å². The van der Waals surface area contributed by atoms with Gasteiger partial charge in [0.15, 0.2) is 5.83 Å². The van der Waals surface area contributed by atoms with Crippen LogP contribution in [0.1, 0.15) is 30.5 Å². The van der Waals surface area contributed by atoms with E-state index in [1.807, 2.05) is 18.2 Å². The number of anilines is 3. The van der Waals surface area contributed by atoms with Gasteiger partial charge in [-0.3, -0.25) is 4.79 Å². The Kier molecular flexibility index (Phi) is 8.04. The van der Waals surface area contributed by atoms with Crippen LogP contribution >= 0.6 is 0 Å². The summed E-state index contributed by atoms with van der Waals surface area (Å²) < 4.78 is 20.0. The molecule has 1 aromatic heterocycles. The first kappa shape index (κ1) is 28.7. The maximum atomic E-state index is 13.8. The van der Waals surface area contributed by atoms with Crippen LogP contribution in [0, 0.1) is 11.3 Å². The molecule has 3 aliphatic rings. The lowest BCUT2D eigenvalue weighted by Gasteiger charge is -2.42. The minimum atomic E-state index is -1.02. The van der Waals surface area contributed by atoms with Crippen LogP contribution in [0.4, 0.5) is 21.6 Å². The number of halogens is 1. The van der Waals surface area contributed by atoms with E-state index in [4.69, 9.17) is 20.4 Å². The number of rotatable bonds is 7. The SMILES string of the molecule is C=C(F)C(=O)N1CCN(c2nc(OC[C@@H]3CCCN3C)nc3c2CCN(c2cccc4cccc(N)c24)C3)C[C@@H]1CC#N. The summed E-state index contributed by atoms with van der Waals surface area (Å²) in [4.78, 5) is 30.4. The molecule has 0 unspecified atom stereocenters. The first-order valence-electron chi connectivity index (χ1n) is 14.9. The van der Waals surface area contributed by atoms with Gasteiger partial charge in [-0.1, -0.05) is 30.8 Å². The molecule has 0 spiro atoms. The van der Waals surface area contributed by atoms with Crippen molar-refractivity contribution < 1.29 is 13.9 Å². The largest absolute Gasteiger partial charge is 0.462 e. The summed E-state index contributed by atoms with van der Waals surface area (Å²) in [6.45, 7) is 7.07. The van der Waals surface area contributed by atoms with Crippen LogP contribution < -0.4 is 20.3 Å². The van der Waals surface area contributed by atoms with E-state index in [0.717, 1.165) is 65.2 Å². The molecule has 3 aliphatic heterocycles. The summed E-state index contributed by atoms with van der Waals surface area (Å²) >= 11 is 0. The van der Waals surface area contributed by atoms with Crippen LogP contribution in [-0.2, 0) is 17.8 Å². The maximum absolute atomic E-state index is 13.8. The van der Waals surface area contributed by atoms with Crippen molar-refractivity contribution >= 4 is 33.9 Å². The molecule has 1 amide bonds. The normalized spacial score (nSPS) is 20.6. The third kappa shape index (κ3) is 5.67. The molecule has 0 aliphatic carbocycles. The van der Waals surface area contributed by atoms with E-state index < -0.39 is 17.8 Å². The Labute approximate surface area is 251 Å². The molecule has 0 saturated carbocycles. The molecule has 4 heterocycles. The van der Waals surface area contributed by atoms with Gasteiger partial charge in [0, 0.05) is 54.5 Å². The third-order valence-corrected chi connectivity index (χ3v) is 8.96. The van der Waals surface area contributed by atoms with Crippen LogP contribution in [-0.4, -0.2) is 84.1 Å². The first-order chi connectivity index (χ1) is 20.8. The molecular weight excluding hydrogens is 547 g/mol. The second-order valence-corrected chi connectivity index (χ2v) is 11.6. The molecule has 10 nitrogen and oxygen atoms in total. The van der Waals surface area contributed by atoms with E-state index in [-0.39, 0.29) is 13.0 Å². The molecule has 2 N–H and O–H groups in total. The summed E-state index contributed by atoms with van der Waals surface area (Å²) in [5.41, 5.74) is 10.1. The highest BCUT2D eigenvalue weighted by molar-refractivity contribution is 6.02. The van der Waals surface area contributed by atoms with Crippen molar-refractivity contribution in [2.24, 2.45) is 0 Å². The molecule has 0 bridgehead atoms. The summed E-state index contributed by atoms with van der Waals surface area (Å²) in [7, 11) is 2.11. The molecule has 2 aromatic carbocycles. The molecule has 2 fully saturated rings. The van der Waals surface area contributed by atoms with E-state index in [0.29, 0.717) is 44.7 Å². The zero-order valence-electron chi connectivity index (χ0n) is 24.5. The summed E-state index contributed by atoms with van der Waals surface area (Å²) in [6.07, 6.45) is 2.98. The van der Waals surface area contributed by atoms with Crippen LogP contribution in [0.2, 0.25) is 0 Å². The Morgan fingerprint density at radius 1 is 1.14 bits per heavy atom. The number of piperazine rings is 1. The fraction of sp³-hybridized carbons (Fsp3) is 0.438. The molecule has 2 atom stereocenters. The van der Waals surface area contributed by atoms with Gasteiger partial charge in [0.1, 0.15) is 12.4 Å². The van der Waals surface area contributed by atoms with Crippen molar-refractivity contribution in [3.8, 4) is 12.1 Å². The number of nitrogen functional groups attached to an aromatic ring is 1. The van der Waals surface area contributed by atoms with E-state index in [9.17, 15) is 14.4 Å². The minimum absolute atomic E-state index is 0.0798. The number of likely N-dealkylation sites (tertiary alicyclic amines) is 1. The lowest BCUT2D eigenvalue weighted by Crippen LogP contribution is -2.55. The zero-order valence-corrected chi connectivity index (χ0v) is 24.5. The molecule has 3 aromatic rings. The molecule has 11 heteroatoms. The Morgan fingerprint density at radius 2 is 1.95 bits per heavy atom. The van der Waals surface area contributed by atoms with Crippen LogP contribution in [0.25, 0.3) is 10.8 Å². The van der Waals surface area contributed by atoms with E-state index >= 15 is 0 Å². The highest BCUT2D eigenvalue weighted by Crippen LogP contribution is 2.37. The molecule has 43 heavy (non-hydrogen) atoms. The smallest absolute Gasteiger partial charge is 0.318 e. The number of hydrogen-bond donors (Lipinski definition) is 1. The summed E-state index contributed by atoms with van der Waals surface area (Å²) in [6, 6.07) is 14.5. The zero-order chi connectivity index (χ0) is 30.1. The quantitative estimate of drug-likeness (QED) is 0.328. The van der Waals surface area contributed by atoms with Gasteiger partial charge in [-0.05, 0) is 50.4 Å². The van der Waals surface area contributed by atoms with Crippen LogP contribution in [0.5, 0.6) is 6.01 Å². The highest BCUT2D eigenvalue weighted by atomic mass is 19.1. The second-order valence-electron chi connectivity index (χ2n) is 11.6. The van der Waals surface area contributed by atoms with E-state index in [1.54, 1.807) is 0 Å². The number of carbonyl (C=O) groups excluding carboxylic acids is 1. The predicted octanol–water partition coefficient (Wildman–Crippen LogP) is 3.66. The Bertz CT molecular complexity index is 1580. The third-order valence-electron chi connectivity index (χ3n) is 8.96. The minimum Gasteiger partial charge on any atom is -0.462 e. The Balaban J connectivity index is 1.34. The predicted molar refractivity (Wildman–Crippen MR) is 164 cm³/mol. The fourth-order valence-corrected chi connectivity index (χ4v) is 6.65. The standard InChI is InChI=1S/C32H37FN8O2/c1-21(33)31(42)41-17-16-40(18-23(41)11-13-34)30-25-12-15-39(28-10-4-7-22-6-3-9-26(35)29(22)28)19-27(25)36-32(37-30)43-20-24-8-5-14-38(24)2/h3-4,6-7,9-10,23-24H,1,5,8,11-12,14-20,35H2,2H3/t23-,24-/m0/s1. The van der Waals surface area contributed by atoms with Gasteiger partial charge in [-0.2, -0.15) is 15.2 Å². The summed E-state index contributed by atoms with van der Waals surface area (Å²) in [5, 5.41) is 11.6. The van der Waals surface area contributed by atoms with Crippen molar-refractivity contribution in [1.29, 1.82) is 5.26 Å². The van der Waals surface area contributed by atoms with E-state index in [2.05, 4.69) is 52.6 Å². The molecule has 0 radical (unpaired) electrons. The van der Waals surface area contributed by atoms with Crippen molar-refractivity contribution in [3.05, 3.63) is 60.1 Å². The number of nitriles is 1. The maximum Gasteiger partial charge on any atom is 0.318 e. The van der Waals surface area contributed by atoms with Crippen molar-refractivity contribution in [2.75, 3.05) is 61.9 Å². The lowest BCUT2D eigenvalue weighted by atomic mass is 10.0. The second kappa shape index (κ2) is 12.1. The van der Waals surface area contributed by atoms with Gasteiger partial charge in [0.05, 0.1) is 30.8 Å². The van der Waals surface area contributed by atoms with Crippen molar-refractivity contribution in [3.63, 3.8) is 0 Å². The monoisotopic (exact) mass is 584 g/mol. The number of aromatic nitrogens is 2.